The van der Waals surface area contributed by atoms with E-state index in [0.29, 0.717) is 5.75 Å². The van der Waals surface area contributed by atoms with Gasteiger partial charge in [-0.15, -0.1) is 0 Å². The Morgan fingerprint density at radius 1 is 1.21 bits per heavy atom. The monoisotopic (exact) mass is 332 g/mol. The second-order valence-electron chi connectivity index (χ2n) is 3.73. The number of benzene rings is 1. The molecule has 100 valence electrons. The summed E-state index contributed by atoms with van der Waals surface area (Å²) in [6.45, 7) is 1.77. The van der Waals surface area contributed by atoms with E-state index in [1.807, 2.05) is 0 Å². The van der Waals surface area contributed by atoms with Crippen LogP contribution in [0, 0.1) is 6.92 Å². The summed E-state index contributed by atoms with van der Waals surface area (Å²) in [6.07, 6.45) is -3.51. The standard InChI is InChI=1S/C12H8BrF3N2O/c1-7-2-3-8(13)6-9(7)19-11-17-5-4-10(18-11)12(14,15)16/h2-6H,1H3. The largest absolute Gasteiger partial charge is 0.433 e. The number of rotatable bonds is 2. The third-order valence-electron chi connectivity index (χ3n) is 2.28. The van der Waals surface area contributed by atoms with Gasteiger partial charge in [-0.3, -0.25) is 0 Å². The van der Waals surface area contributed by atoms with Crippen molar-refractivity contribution in [3.8, 4) is 11.8 Å². The van der Waals surface area contributed by atoms with Gasteiger partial charge < -0.3 is 4.74 Å². The van der Waals surface area contributed by atoms with E-state index in [-0.39, 0.29) is 6.01 Å². The van der Waals surface area contributed by atoms with Crippen molar-refractivity contribution in [2.45, 2.75) is 13.1 Å². The highest BCUT2D eigenvalue weighted by molar-refractivity contribution is 9.10. The van der Waals surface area contributed by atoms with E-state index in [2.05, 4.69) is 25.9 Å². The lowest BCUT2D eigenvalue weighted by atomic mass is 10.2. The molecule has 1 aromatic carbocycles. The molecule has 0 unspecified atom stereocenters. The third-order valence-corrected chi connectivity index (χ3v) is 2.77. The normalized spacial score (nSPS) is 11.4. The topological polar surface area (TPSA) is 35.0 Å². The molecule has 1 heterocycles. The van der Waals surface area contributed by atoms with Crippen molar-refractivity contribution in [1.29, 1.82) is 0 Å². The van der Waals surface area contributed by atoms with Crippen LogP contribution in [0.1, 0.15) is 11.3 Å². The number of aryl methyl sites for hydroxylation is 1. The summed E-state index contributed by atoms with van der Waals surface area (Å²) in [7, 11) is 0. The van der Waals surface area contributed by atoms with Crippen LogP contribution in [0.15, 0.2) is 34.9 Å². The summed E-state index contributed by atoms with van der Waals surface area (Å²) in [6, 6.07) is 5.66. The van der Waals surface area contributed by atoms with Gasteiger partial charge in [0, 0.05) is 10.7 Å². The third kappa shape index (κ3) is 3.44. The number of halogens is 4. The Kier molecular flexibility index (Phi) is 3.75. The van der Waals surface area contributed by atoms with Crippen LogP contribution in [-0.4, -0.2) is 9.97 Å². The lowest BCUT2D eigenvalue weighted by Crippen LogP contribution is -2.09. The second kappa shape index (κ2) is 5.16. The fourth-order valence-electron chi connectivity index (χ4n) is 1.33. The fraction of sp³-hybridized carbons (Fsp3) is 0.167. The van der Waals surface area contributed by atoms with Gasteiger partial charge in [-0.1, -0.05) is 22.0 Å². The van der Waals surface area contributed by atoms with Crippen LogP contribution < -0.4 is 4.74 Å². The summed E-state index contributed by atoms with van der Waals surface area (Å²) < 4.78 is 43.5. The average molecular weight is 333 g/mol. The molecule has 3 nitrogen and oxygen atoms in total. The van der Waals surface area contributed by atoms with Gasteiger partial charge in [-0.25, -0.2) is 4.98 Å². The number of hydrogen-bond acceptors (Lipinski definition) is 3. The van der Waals surface area contributed by atoms with Crippen molar-refractivity contribution in [3.05, 3.63) is 46.2 Å². The molecule has 1 aromatic heterocycles. The lowest BCUT2D eigenvalue weighted by molar-refractivity contribution is -0.141. The summed E-state index contributed by atoms with van der Waals surface area (Å²) >= 11 is 3.26. The van der Waals surface area contributed by atoms with Gasteiger partial charge in [-0.05, 0) is 30.7 Å². The van der Waals surface area contributed by atoms with E-state index in [4.69, 9.17) is 4.74 Å². The van der Waals surface area contributed by atoms with Crippen LogP contribution in [0.2, 0.25) is 0 Å². The van der Waals surface area contributed by atoms with Crippen LogP contribution in [-0.2, 0) is 6.18 Å². The number of alkyl halides is 3. The highest BCUT2D eigenvalue weighted by Crippen LogP contribution is 2.30. The number of aromatic nitrogens is 2. The number of hydrogen-bond donors (Lipinski definition) is 0. The van der Waals surface area contributed by atoms with E-state index in [0.717, 1.165) is 22.3 Å². The Bertz CT molecular complexity index is 602. The van der Waals surface area contributed by atoms with Crippen LogP contribution in [0.4, 0.5) is 13.2 Å². The molecule has 0 saturated carbocycles. The maximum Gasteiger partial charge on any atom is 0.433 e. The first-order valence-corrected chi connectivity index (χ1v) is 6.00. The highest BCUT2D eigenvalue weighted by Gasteiger charge is 2.33. The minimum absolute atomic E-state index is 0.337. The van der Waals surface area contributed by atoms with Gasteiger partial charge in [0.1, 0.15) is 5.75 Å². The summed E-state index contributed by atoms with van der Waals surface area (Å²) in [4.78, 5) is 7.01. The Balaban J connectivity index is 2.31. The predicted octanol–water partition coefficient (Wildman–Crippen LogP) is 4.36. The maximum atomic E-state index is 12.5. The van der Waals surface area contributed by atoms with Gasteiger partial charge >= 0.3 is 12.2 Å². The van der Waals surface area contributed by atoms with Crippen molar-refractivity contribution >= 4 is 15.9 Å². The van der Waals surface area contributed by atoms with Gasteiger partial charge in [0.2, 0.25) is 0 Å². The second-order valence-corrected chi connectivity index (χ2v) is 4.65. The molecule has 0 N–H and O–H groups in total. The first-order chi connectivity index (χ1) is 8.86. The highest BCUT2D eigenvalue weighted by atomic mass is 79.9. The minimum Gasteiger partial charge on any atom is -0.424 e. The van der Waals surface area contributed by atoms with Crippen molar-refractivity contribution < 1.29 is 17.9 Å². The zero-order valence-electron chi connectivity index (χ0n) is 9.70. The maximum absolute atomic E-state index is 12.5. The van der Waals surface area contributed by atoms with E-state index in [1.54, 1.807) is 25.1 Å². The van der Waals surface area contributed by atoms with Crippen LogP contribution in [0.5, 0.6) is 11.8 Å². The van der Waals surface area contributed by atoms with Crippen molar-refractivity contribution in [1.82, 2.24) is 9.97 Å². The molecule has 0 saturated heterocycles. The number of ether oxygens (including phenoxy) is 1. The lowest BCUT2D eigenvalue weighted by Gasteiger charge is -2.09. The van der Waals surface area contributed by atoms with Crippen LogP contribution >= 0.6 is 15.9 Å². The number of nitrogens with zero attached hydrogens (tertiary/aromatic N) is 2. The fourth-order valence-corrected chi connectivity index (χ4v) is 1.67. The molecule has 0 fully saturated rings. The zero-order chi connectivity index (χ0) is 14.0. The first kappa shape index (κ1) is 13.8. The molecule has 0 radical (unpaired) electrons. The van der Waals surface area contributed by atoms with E-state index in [1.165, 1.54) is 0 Å². The smallest absolute Gasteiger partial charge is 0.424 e. The van der Waals surface area contributed by atoms with E-state index < -0.39 is 11.9 Å². The van der Waals surface area contributed by atoms with Gasteiger partial charge in [0.05, 0.1) is 0 Å². The van der Waals surface area contributed by atoms with Crippen molar-refractivity contribution in [2.24, 2.45) is 0 Å². The molecule has 2 rings (SSSR count). The Hall–Kier alpha value is -1.63. The molecule has 7 heteroatoms. The van der Waals surface area contributed by atoms with E-state index >= 15 is 0 Å². The minimum atomic E-state index is -4.52. The Morgan fingerprint density at radius 2 is 1.95 bits per heavy atom. The first-order valence-electron chi connectivity index (χ1n) is 5.20. The molecule has 0 amide bonds. The molecule has 0 bridgehead atoms. The van der Waals surface area contributed by atoms with Gasteiger partial charge in [0.25, 0.3) is 0 Å². The average Bonchev–Trinajstić information content (AvgIpc) is 2.33. The summed E-state index contributed by atoms with van der Waals surface area (Å²) in [5, 5.41) is 0. The molecule has 2 aromatic rings. The van der Waals surface area contributed by atoms with Crippen LogP contribution in [0.25, 0.3) is 0 Å². The molecule has 0 aliphatic carbocycles. The Morgan fingerprint density at radius 3 is 2.63 bits per heavy atom. The predicted molar refractivity (Wildman–Crippen MR) is 66.0 cm³/mol. The SMILES string of the molecule is Cc1ccc(Br)cc1Oc1nccc(C(F)(F)F)n1. The van der Waals surface area contributed by atoms with Gasteiger partial charge in [-0.2, -0.15) is 18.2 Å². The molecule has 0 spiro atoms. The molecule has 0 aliphatic rings. The molecular formula is C12H8BrF3N2O. The van der Waals surface area contributed by atoms with Crippen LogP contribution in [0.3, 0.4) is 0 Å². The molecule has 0 aliphatic heterocycles. The van der Waals surface area contributed by atoms with E-state index in [9.17, 15) is 13.2 Å². The summed E-state index contributed by atoms with van der Waals surface area (Å²) in [5.74, 6) is 0.397. The van der Waals surface area contributed by atoms with Gasteiger partial charge in [0.15, 0.2) is 5.69 Å². The van der Waals surface area contributed by atoms with Crippen molar-refractivity contribution in [3.63, 3.8) is 0 Å². The molecule has 19 heavy (non-hydrogen) atoms. The van der Waals surface area contributed by atoms with Crippen molar-refractivity contribution in [2.75, 3.05) is 0 Å². The zero-order valence-corrected chi connectivity index (χ0v) is 11.3. The summed E-state index contributed by atoms with van der Waals surface area (Å²) in [5.41, 5.74) is -0.269. The Labute approximate surface area is 115 Å². The molecular weight excluding hydrogens is 325 g/mol. The molecule has 0 atom stereocenters. The quantitative estimate of drug-likeness (QED) is 0.819.